The van der Waals surface area contributed by atoms with E-state index in [1.54, 1.807) is 19.2 Å². The molecule has 1 aromatic heterocycles. The lowest BCUT2D eigenvalue weighted by atomic mass is 10.1. The Balaban J connectivity index is 2.69. The first-order valence-electron chi connectivity index (χ1n) is 4.75. The quantitative estimate of drug-likeness (QED) is 0.513. The van der Waals surface area contributed by atoms with Crippen molar-refractivity contribution in [3.63, 3.8) is 0 Å². The van der Waals surface area contributed by atoms with Crippen LogP contribution in [0, 0.1) is 0 Å². The van der Waals surface area contributed by atoms with Crippen LogP contribution in [-0.2, 0) is 6.61 Å². The SMILES string of the molecule is CNCC(O)C(O)c1ccc(CO)nc1. The monoisotopic (exact) mass is 212 g/mol. The van der Waals surface area contributed by atoms with Crippen LogP contribution >= 0.6 is 0 Å². The zero-order valence-corrected chi connectivity index (χ0v) is 8.59. The Labute approximate surface area is 88.4 Å². The van der Waals surface area contributed by atoms with E-state index in [2.05, 4.69) is 10.3 Å². The Morgan fingerprint density at radius 1 is 1.40 bits per heavy atom. The molecule has 15 heavy (non-hydrogen) atoms. The van der Waals surface area contributed by atoms with Gasteiger partial charge in [0.25, 0.3) is 0 Å². The number of nitrogens with one attached hydrogen (secondary N) is 1. The normalized spacial score (nSPS) is 14.9. The first kappa shape index (κ1) is 12.1. The molecular formula is C10H16N2O3. The van der Waals surface area contributed by atoms with E-state index in [0.717, 1.165) is 0 Å². The van der Waals surface area contributed by atoms with Crippen LogP contribution in [0.4, 0.5) is 0 Å². The maximum atomic E-state index is 9.69. The number of aromatic nitrogens is 1. The lowest BCUT2D eigenvalue weighted by Crippen LogP contribution is -2.29. The van der Waals surface area contributed by atoms with Crippen LogP contribution in [-0.4, -0.2) is 40.0 Å². The molecule has 84 valence electrons. The van der Waals surface area contributed by atoms with Crippen molar-refractivity contribution in [3.05, 3.63) is 29.6 Å². The molecule has 5 nitrogen and oxygen atoms in total. The van der Waals surface area contributed by atoms with Crippen molar-refractivity contribution in [2.75, 3.05) is 13.6 Å². The molecule has 0 spiro atoms. The van der Waals surface area contributed by atoms with Crippen molar-refractivity contribution in [2.24, 2.45) is 0 Å². The van der Waals surface area contributed by atoms with Gasteiger partial charge in [-0.2, -0.15) is 0 Å². The molecule has 0 amide bonds. The average molecular weight is 212 g/mol. The van der Waals surface area contributed by atoms with Crippen LogP contribution in [0.1, 0.15) is 17.4 Å². The van der Waals surface area contributed by atoms with Gasteiger partial charge in [0.2, 0.25) is 0 Å². The highest BCUT2D eigenvalue weighted by Gasteiger charge is 2.17. The number of hydrogen-bond acceptors (Lipinski definition) is 5. The van der Waals surface area contributed by atoms with Crippen molar-refractivity contribution in [2.45, 2.75) is 18.8 Å². The van der Waals surface area contributed by atoms with Crippen LogP contribution < -0.4 is 5.32 Å². The molecule has 2 unspecified atom stereocenters. The minimum Gasteiger partial charge on any atom is -0.390 e. The summed E-state index contributed by atoms with van der Waals surface area (Å²) < 4.78 is 0. The van der Waals surface area contributed by atoms with E-state index in [1.165, 1.54) is 6.20 Å². The van der Waals surface area contributed by atoms with E-state index in [0.29, 0.717) is 17.8 Å². The van der Waals surface area contributed by atoms with Crippen molar-refractivity contribution in [1.82, 2.24) is 10.3 Å². The van der Waals surface area contributed by atoms with Crippen molar-refractivity contribution in [1.29, 1.82) is 0 Å². The van der Waals surface area contributed by atoms with Gasteiger partial charge in [-0.3, -0.25) is 4.98 Å². The highest BCUT2D eigenvalue weighted by molar-refractivity contribution is 5.17. The van der Waals surface area contributed by atoms with Gasteiger partial charge in [0, 0.05) is 18.3 Å². The Morgan fingerprint density at radius 3 is 2.60 bits per heavy atom. The maximum Gasteiger partial charge on any atom is 0.108 e. The summed E-state index contributed by atoms with van der Waals surface area (Å²) >= 11 is 0. The van der Waals surface area contributed by atoms with Crippen LogP contribution in [0.5, 0.6) is 0 Å². The summed E-state index contributed by atoms with van der Waals surface area (Å²) in [5.74, 6) is 0. The number of aliphatic hydroxyl groups excluding tert-OH is 3. The zero-order valence-electron chi connectivity index (χ0n) is 8.59. The molecule has 0 bridgehead atoms. The molecule has 0 saturated carbocycles. The van der Waals surface area contributed by atoms with Crippen LogP contribution in [0.2, 0.25) is 0 Å². The molecule has 2 atom stereocenters. The Bertz CT molecular complexity index is 289. The van der Waals surface area contributed by atoms with Gasteiger partial charge in [-0.25, -0.2) is 0 Å². The first-order chi connectivity index (χ1) is 7.19. The molecule has 0 aliphatic carbocycles. The predicted octanol–water partition coefficient (Wildman–Crippen LogP) is -0.812. The summed E-state index contributed by atoms with van der Waals surface area (Å²) in [7, 11) is 1.70. The average Bonchev–Trinajstić information content (AvgIpc) is 2.28. The largest absolute Gasteiger partial charge is 0.390 e. The van der Waals surface area contributed by atoms with Gasteiger partial charge >= 0.3 is 0 Å². The highest BCUT2D eigenvalue weighted by atomic mass is 16.3. The molecule has 0 aliphatic heterocycles. The van der Waals surface area contributed by atoms with Gasteiger partial charge in [-0.05, 0) is 13.1 Å². The Hall–Kier alpha value is -1.01. The number of rotatable bonds is 5. The summed E-state index contributed by atoms with van der Waals surface area (Å²) in [6.07, 6.45) is -0.371. The zero-order chi connectivity index (χ0) is 11.3. The maximum absolute atomic E-state index is 9.69. The van der Waals surface area contributed by atoms with Crippen LogP contribution in [0.25, 0.3) is 0 Å². The summed E-state index contributed by atoms with van der Waals surface area (Å²) in [6, 6.07) is 3.26. The molecule has 5 heteroatoms. The van der Waals surface area contributed by atoms with E-state index in [1.807, 2.05) is 0 Å². The van der Waals surface area contributed by atoms with Crippen molar-refractivity contribution >= 4 is 0 Å². The molecular weight excluding hydrogens is 196 g/mol. The molecule has 1 aromatic rings. The summed E-state index contributed by atoms with van der Waals surface area (Å²) in [5, 5.41) is 30.7. The van der Waals surface area contributed by atoms with E-state index in [-0.39, 0.29) is 6.61 Å². The van der Waals surface area contributed by atoms with Gasteiger partial charge in [0.15, 0.2) is 0 Å². The third-order valence-corrected chi connectivity index (χ3v) is 2.13. The fraction of sp³-hybridized carbons (Fsp3) is 0.500. The van der Waals surface area contributed by atoms with Gasteiger partial charge in [-0.1, -0.05) is 6.07 Å². The molecule has 0 saturated heterocycles. The second-order valence-corrected chi connectivity index (χ2v) is 3.31. The number of hydrogen-bond donors (Lipinski definition) is 4. The third kappa shape index (κ3) is 3.24. The molecule has 0 aliphatic rings. The smallest absolute Gasteiger partial charge is 0.108 e. The molecule has 1 heterocycles. The summed E-state index contributed by atoms with van der Waals surface area (Å²) in [6.45, 7) is 0.179. The minimum absolute atomic E-state index is 0.130. The van der Waals surface area contributed by atoms with Gasteiger partial charge in [-0.15, -0.1) is 0 Å². The second kappa shape index (κ2) is 5.77. The predicted molar refractivity (Wildman–Crippen MR) is 55.1 cm³/mol. The molecule has 4 N–H and O–H groups in total. The molecule has 0 fully saturated rings. The van der Waals surface area contributed by atoms with Crippen LogP contribution in [0.3, 0.4) is 0 Å². The van der Waals surface area contributed by atoms with Crippen LogP contribution in [0.15, 0.2) is 18.3 Å². The minimum atomic E-state index is -0.960. The lowest BCUT2D eigenvalue weighted by molar-refractivity contribution is 0.0200. The fourth-order valence-electron chi connectivity index (χ4n) is 1.25. The Kier molecular flexibility index (Phi) is 4.64. The van der Waals surface area contributed by atoms with Crippen molar-refractivity contribution in [3.8, 4) is 0 Å². The fourth-order valence-corrected chi connectivity index (χ4v) is 1.25. The Morgan fingerprint density at radius 2 is 2.13 bits per heavy atom. The van der Waals surface area contributed by atoms with E-state index >= 15 is 0 Å². The molecule has 0 aromatic carbocycles. The van der Waals surface area contributed by atoms with E-state index in [9.17, 15) is 10.2 Å². The standard InChI is InChI=1S/C10H16N2O3/c1-11-5-9(14)10(15)7-2-3-8(6-13)12-4-7/h2-4,9-11,13-15H,5-6H2,1H3. The van der Waals surface area contributed by atoms with Gasteiger partial charge in [0.1, 0.15) is 6.10 Å². The van der Waals surface area contributed by atoms with Gasteiger partial charge in [0.05, 0.1) is 18.4 Å². The molecule has 0 radical (unpaired) electrons. The lowest BCUT2D eigenvalue weighted by Gasteiger charge is -2.17. The number of nitrogens with zero attached hydrogens (tertiary/aromatic N) is 1. The first-order valence-corrected chi connectivity index (χ1v) is 4.75. The number of likely N-dealkylation sites (N-methyl/N-ethyl adjacent to an activating group) is 1. The summed E-state index contributed by atoms with van der Waals surface area (Å²) in [4.78, 5) is 3.92. The topological polar surface area (TPSA) is 85.6 Å². The number of aliphatic hydroxyl groups is 3. The molecule has 1 rings (SSSR count). The highest BCUT2D eigenvalue weighted by Crippen LogP contribution is 2.15. The number of pyridine rings is 1. The third-order valence-electron chi connectivity index (χ3n) is 2.13. The van der Waals surface area contributed by atoms with Crippen molar-refractivity contribution < 1.29 is 15.3 Å². The summed E-state index contributed by atoms with van der Waals surface area (Å²) in [5.41, 5.74) is 1.07. The van der Waals surface area contributed by atoms with E-state index < -0.39 is 12.2 Å². The van der Waals surface area contributed by atoms with E-state index in [4.69, 9.17) is 5.11 Å². The second-order valence-electron chi connectivity index (χ2n) is 3.31. The van der Waals surface area contributed by atoms with Gasteiger partial charge < -0.3 is 20.6 Å².